The van der Waals surface area contributed by atoms with Crippen LogP contribution in [0.5, 0.6) is 0 Å². The zero-order chi connectivity index (χ0) is 68.6. The summed E-state index contributed by atoms with van der Waals surface area (Å²) in [6, 6.07) is 22.6. The van der Waals surface area contributed by atoms with E-state index in [-0.39, 0.29) is 82.8 Å². The van der Waals surface area contributed by atoms with Crippen LogP contribution in [0.2, 0.25) is 5.15 Å². The lowest BCUT2D eigenvalue weighted by atomic mass is 9.97. The second-order valence-corrected chi connectivity index (χ2v) is 32.3. The summed E-state index contributed by atoms with van der Waals surface area (Å²) in [5.74, 6) is 1.86. The maximum absolute atomic E-state index is 13.2. The predicted octanol–water partition coefficient (Wildman–Crippen LogP) is 7.56. The van der Waals surface area contributed by atoms with Crippen LogP contribution in [-0.4, -0.2) is 137 Å². The van der Waals surface area contributed by atoms with E-state index in [0.29, 0.717) is 66.8 Å². The molecule has 30 heteroatoms. The van der Waals surface area contributed by atoms with E-state index in [1.807, 2.05) is 35.6 Å². The number of carbonyl (C=O) groups excluding carboxylic acids is 3. The number of nitrogen functional groups attached to an aromatic ring is 3. The number of anilines is 6. The van der Waals surface area contributed by atoms with Gasteiger partial charge in [0.2, 0.25) is 0 Å². The van der Waals surface area contributed by atoms with E-state index in [4.69, 9.17) is 48.2 Å². The number of carbonyl (C=O) groups is 3. The monoisotopic (exact) mass is 1370 g/mol. The van der Waals surface area contributed by atoms with Gasteiger partial charge in [-0.2, -0.15) is 25.3 Å². The summed E-state index contributed by atoms with van der Waals surface area (Å²) in [4.78, 5) is 71.1. The number of halogens is 1. The Bertz CT molecular complexity index is 4020. The summed E-state index contributed by atoms with van der Waals surface area (Å²) in [5.41, 5.74) is 18.5. The van der Waals surface area contributed by atoms with Gasteiger partial charge in [0.15, 0.2) is 15.1 Å². The Labute approximate surface area is 555 Å². The van der Waals surface area contributed by atoms with Crippen LogP contribution in [0.3, 0.4) is 0 Å². The minimum Gasteiger partial charge on any atom is -0.384 e. The zero-order valence-corrected chi connectivity index (χ0v) is 57.8. The summed E-state index contributed by atoms with van der Waals surface area (Å²) in [6.07, 6.45) is 4.78. The number of rotatable bonds is 18. The number of pyridine rings is 6. The first-order valence-corrected chi connectivity index (χ1v) is 35.7. The molecule has 3 saturated heterocycles. The Morgan fingerprint density at radius 1 is 0.479 bits per heavy atom. The second-order valence-electron chi connectivity index (χ2n) is 27.0. The minimum atomic E-state index is -4.19. The van der Waals surface area contributed by atoms with Gasteiger partial charge in [-0.1, -0.05) is 50.6 Å². The smallest absolute Gasteiger partial charge is 0.281 e. The Morgan fingerprint density at radius 3 is 1.05 bits per heavy atom. The van der Waals surface area contributed by atoms with Crippen molar-refractivity contribution in [2.75, 3.05) is 79.0 Å². The first-order valence-electron chi connectivity index (χ1n) is 30.9. The highest BCUT2D eigenvalue weighted by molar-refractivity contribution is 7.90. The molecule has 2 saturated carbocycles. The van der Waals surface area contributed by atoms with Crippen LogP contribution in [0.25, 0.3) is 0 Å². The van der Waals surface area contributed by atoms with Crippen LogP contribution in [0.4, 0.5) is 34.9 Å². The number of nitrogens with zero attached hydrogens (tertiary/aromatic N) is 9. The van der Waals surface area contributed by atoms with Crippen LogP contribution in [-0.2, 0) is 39.5 Å². The van der Waals surface area contributed by atoms with E-state index in [1.165, 1.54) is 66.7 Å². The maximum Gasteiger partial charge on any atom is 0.281 e. The highest BCUT2D eigenvalue weighted by Gasteiger charge is 2.46. The molecule has 7 atom stereocenters. The minimum absolute atomic E-state index is 0.0389. The molecule has 11 rings (SSSR count). The molecular weight excluding hydrogens is 1290 g/mol. The van der Waals surface area contributed by atoms with Crippen molar-refractivity contribution in [3.8, 4) is 0 Å². The highest BCUT2D eigenvalue weighted by Crippen LogP contribution is 2.50. The number of ether oxygens (including phenoxy) is 2. The van der Waals surface area contributed by atoms with Gasteiger partial charge in [-0.05, 0) is 176 Å². The van der Waals surface area contributed by atoms with Crippen molar-refractivity contribution in [3.63, 3.8) is 0 Å². The van der Waals surface area contributed by atoms with Crippen LogP contribution >= 0.6 is 11.6 Å². The summed E-state index contributed by atoms with van der Waals surface area (Å²) in [5, 5.41) is -0.725. The molecule has 9 N–H and O–H groups in total. The number of methoxy groups -OCH3 is 2. The van der Waals surface area contributed by atoms with E-state index in [2.05, 4.69) is 87.6 Å². The maximum atomic E-state index is 13.2. The van der Waals surface area contributed by atoms with Crippen molar-refractivity contribution in [2.45, 2.75) is 138 Å². The molecule has 5 aliphatic rings. The molecule has 0 radical (unpaired) electrons. The van der Waals surface area contributed by atoms with Crippen LogP contribution < -0.4 is 46.1 Å². The molecule has 0 bridgehead atoms. The third-order valence-corrected chi connectivity index (χ3v) is 21.4. The zero-order valence-electron chi connectivity index (χ0n) is 54.6. The largest absolute Gasteiger partial charge is 0.384 e. The predicted molar refractivity (Wildman–Crippen MR) is 359 cm³/mol. The SMILES string of the molecule is COCC1CC1c1ccc(C(=O)NS(=O)(=O)c2cccc(N)n2)c(N2C[C@@H](C)CC2(C)C)n1.COCC1CC1c1ccc(C(=O)NS(=O)(=O)c2cccc(N)n2)c(N2C[C@@H](C)CC2(C)C)n1.C[C@@H]1CN(c2nc(Cl)ccc2C(=O)NS(=O)(=O)c2cccc(N)n2)C(C)(C)C1. The molecule has 0 aromatic carbocycles. The van der Waals surface area contributed by atoms with Gasteiger partial charge in [-0.15, -0.1) is 0 Å². The van der Waals surface area contributed by atoms with Crippen LogP contribution in [0, 0.1) is 29.6 Å². The molecule has 506 valence electrons. The Kier molecular flexibility index (Phi) is 20.6. The molecule has 3 aliphatic heterocycles. The molecule has 4 unspecified atom stereocenters. The number of sulfonamides is 3. The Morgan fingerprint density at radius 2 is 0.777 bits per heavy atom. The van der Waals surface area contributed by atoms with Crippen LogP contribution in [0.15, 0.2) is 106 Å². The van der Waals surface area contributed by atoms with Crippen molar-refractivity contribution >= 4 is 94.3 Å². The average Bonchev–Trinajstić information content (AvgIpc) is 1.57. The lowest BCUT2D eigenvalue weighted by Crippen LogP contribution is -2.41. The van der Waals surface area contributed by atoms with E-state index in [1.54, 1.807) is 26.4 Å². The van der Waals surface area contributed by atoms with Crippen LogP contribution in [0.1, 0.15) is 149 Å². The lowest BCUT2D eigenvalue weighted by Gasteiger charge is -2.34. The third-order valence-electron chi connectivity index (χ3n) is 17.5. The molecule has 26 nitrogen and oxygen atoms in total. The van der Waals surface area contributed by atoms with Crippen molar-refractivity contribution in [2.24, 2.45) is 29.6 Å². The second kappa shape index (κ2) is 27.5. The normalized spacial score (nSPS) is 22.5. The molecule has 9 heterocycles. The molecule has 3 amide bonds. The van der Waals surface area contributed by atoms with Gasteiger partial charge in [-0.3, -0.25) is 14.4 Å². The first-order chi connectivity index (χ1) is 44.0. The molecule has 94 heavy (non-hydrogen) atoms. The first kappa shape index (κ1) is 70.5. The van der Waals surface area contributed by atoms with Crippen molar-refractivity contribution in [1.82, 2.24) is 44.1 Å². The number of amides is 3. The number of aromatic nitrogens is 6. The van der Waals surface area contributed by atoms with Gasteiger partial charge in [0.1, 0.15) is 40.1 Å². The van der Waals surface area contributed by atoms with Gasteiger partial charge >= 0.3 is 0 Å². The lowest BCUT2D eigenvalue weighted by molar-refractivity contribution is 0.0972. The Hall–Kier alpha value is -7.83. The van der Waals surface area contributed by atoms with Gasteiger partial charge in [-0.25, -0.2) is 44.1 Å². The van der Waals surface area contributed by atoms with E-state index >= 15 is 0 Å². The molecule has 5 fully saturated rings. The standard InChI is InChI=1S/2C23H31N5O4S.C18H22ClN5O3S/c2*1-14-11-23(2,3)28(12-14)21-16(8-9-18(25-21)17-10-15(17)13-32-4)22(29)27-33(30,31)20-7-5-6-19(24)26-20;1-11-9-18(2,3)24(10-11)16-12(7-8-13(19)21-16)17(25)23-28(26,27)15-6-4-5-14(20)22-15/h2*5-9,14-15,17H,10-13H2,1-4H3,(H2,24,26)(H,27,29);4-8,11H,9-10H2,1-3H3,(H2,20,22)(H,23,25)/t2*14-,15?,17?;11-/m000/s1. The fraction of sp³-hybridized carbons (Fsp3) is 0.484. The molecule has 0 spiro atoms. The summed E-state index contributed by atoms with van der Waals surface area (Å²) >= 11 is 6.06. The summed E-state index contributed by atoms with van der Waals surface area (Å²) in [6.45, 7) is 22.5. The third kappa shape index (κ3) is 16.3. The summed E-state index contributed by atoms with van der Waals surface area (Å²) in [7, 11) is -9.21. The molecular formula is C64H84ClN15O11S3. The van der Waals surface area contributed by atoms with Gasteiger partial charge in [0.25, 0.3) is 47.8 Å². The van der Waals surface area contributed by atoms with E-state index in [0.717, 1.165) is 56.6 Å². The van der Waals surface area contributed by atoms with E-state index in [9.17, 15) is 39.6 Å². The molecule has 6 aromatic heterocycles. The Balaban J connectivity index is 0.000000167. The number of hydrogen-bond donors (Lipinski definition) is 6. The number of nitrogens with one attached hydrogen (secondary N) is 3. The highest BCUT2D eigenvalue weighted by atomic mass is 35.5. The van der Waals surface area contributed by atoms with Gasteiger partial charge < -0.3 is 41.4 Å². The number of nitrogens with two attached hydrogens (primary N) is 3. The topological polar surface area (TPSA) is 373 Å². The number of hydrogen-bond acceptors (Lipinski definition) is 23. The fourth-order valence-corrected chi connectivity index (χ4v) is 16.2. The van der Waals surface area contributed by atoms with Gasteiger partial charge in [0, 0.05) is 86.9 Å². The van der Waals surface area contributed by atoms with E-state index < -0.39 is 47.8 Å². The molecule has 2 aliphatic carbocycles. The van der Waals surface area contributed by atoms with Crippen molar-refractivity contribution in [3.05, 3.63) is 124 Å². The quantitative estimate of drug-likeness (QED) is 0.0452. The average molecular weight is 1370 g/mol. The summed E-state index contributed by atoms with van der Waals surface area (Å²) < 4.78 is 93.1. The van der Waals surface area contributed by atoms with Crippen molar-refractivity contribution in [1.29, 1.82) is 0 Å². The van der Waals surface area contributed by atoms with Crippen molar-refractivity contribution < 1.29 is 49.1 Å². The van der Waals surface area contributed by atoms with Gasteiger partial charge in [0.05, 0.1) is 16.7 Å². The molecule has 6 aromatic rings. The fourth-order valence-electron chi connectivity index (χ4n) is 13.2.